The van der Waals surface area contributed by atoms with E-state index in [0.29, 0.717) is 5.56 Å². The molecule has 1 fully saturated rings. The van der Waals surface area contributed by atoms with Gasteiger partial charge >= 0.3 is 0 Å². The Morgan fingerprint density at radius 3 is 2.58 bits per heavy atom. The molecule has 0 saturated carbocycles. The molecule has 1 unspecified atom stereocenters. The lowest BCUT2D eigenvalue weighted by Crippen LogP contribution is -2.53. The molecule has 2 rings (SSSR count). The molecule has 1 saturated heterocycles. The summed E-state index contributed by atoms with van der Waals surface area (Å²) in [6, 6.07) is 4.74. The number of nitrogens with two attached hydrogens (primary N) is 1. The Labute approximate surface area is 122 Å². The smallest absolute Gasteiger partial charge is 0.128 e. The Morgan fingerprint density at radius 1 is 1.37 bits per heavy atom. The van der Waals surface area contributed by atoms with Crippen LogP contribution in [0.1, 0.15) is 38.3 Å². The maximum Gasteiger partial charge on any atom is 0.128 e. The van der Waals surface area contributed by atoms with Gasteiger partial charge in [-0.05, 0) is 58.0 Å². The fourth-order valence-corrected chi connectivity index (χ4v) is 3.26. The summed E-state index contributed by atoms with van der Waals surface area (Å²) < 4.78 is 15.0. The highest BCUT2D eigenvalue weighted by Crippen LogP contribution is 2.35. The van der Waals surface area contributed by atoms with E-state index in [1.165, 1.54) is 18.9 Å². The zero-order valence-corrected chi connectivity index (χ0v) is 13.0. The Kier molecular flexibility index (Phi) is 4.61. The molecule has 1 aromatic carbocycles. The maximum absolute atomic E-state index is 14.1. The Hall–Kier alpha value is -0.490. The molecular formula is C14H21BrFN3. The van der Waals surface area contributed by atoms with Crippen molar-refractivity contribution < 1.29 is 4.39 Å². The van der Waals surface area contributed by atoms with Crippen LogP contribution in [0.4, 0.5) is 4.39 Å². The first-order chi connectivity index (χ1) is 8.96. The van der Waals surface area contributed by atoms with Crippen molar-refractivity contribution in [3.8, 4) is 0 Å². The first-order valence-corrected chi connectivity index (χ1v) is 7.42. The van der Waals surface area contributed by atoms with Crippen molar-refractivity contribution in [2.75, 3.05) is 13.1 Å². The highest BCUT2D eigenvalue weighted by molar-refractivity contribution is 9.10. The molecule has 106 valence electrons. The van der Waals surface area contributed by atoms with E-state index in [9.17, 15) is 4.39 Å². The highest BCUT2D eigenvalue weighted by atomic mass is 79.9. The van der Waals surface area contributed by atoms with Crippen LogP contribution in [0.15, 0.2) is 22.7 Å². The van der Waals surface area contributed by atoms with Gasteiger partial charge in [0, 0.05) is 15.6 Å². The van der Waals surface area contributed by atoms with E-state index in [4.69, 9.17) is 5.84 Å². The van der Waals surface area contributed by atoms with Gasteiger partial charge in [0.05, 0.1) is 6.04 Å². The third-order valence-corrected chi connectivity index (χ3v) is 4.56. The van der Waals surface area contributed by atoms with Gasteiger partial charge in [-0.25, -0.2) is 4.39 Å². The highest BCUT2D eigenvalue weighted by Gasteiger charge is 2.38. The number of likely N-dealkylation sites (tertiary alicyclic amines) is 1. The second-order valence-corrected chi connectivity index (χ2v) is 6.53. The molecule has 1 aromatic rings. The number of nitrogens with one attached hydrogen (secondary N) is 1. The number of rotatable bonds is 4. The summed E-state index contributed by atoms with van der Waals surface area (Å²) in [5.41, 5.74) is 3.18. The predicted molar refractivity (Wildman–Crippen MR) is 79.1 cm³/mol. The topological polar surface area (TPSA) is 41.3 Å². The minimum atomic E-state index is -0.247. The summed E-state index contributed by atoms with van der Waals surface area (Å²) >= 11 is 3.40. The van der Waals surface area contributed by atoms with Gasteiger partial charge in [0.25, 0.3) is 0 Å². The van der Waals surface area contributed by atoms with Crippen molar-refractivity contribution in [1.82, 2.24) is 10.3 Å². The molecule has 5 heteroatoms. The standard InChI is InChI=1S/C14H21BrFN3/c1-14(2,19-7-3-4-8-19)13(18-17)11-9-10(15)5-6-12(11)16/h5-6,9,13,18H,3-4,7-8,17H2,1-2H3. The second-order valence-electron chi connectivity index (χ2n) is 5.61. The Bertz CT molecular complexity index is 444. The first-order valence-electron chi connectivity index (χ1n) is 6.63. The Morgan fingerprint density at radius 2 is 2.00 bits per heavy atom. The SMILES string of the molecule is CC(C)(C(NN)c1cc(Br)ccc1F)N1CCCC1. The van der Waals surface area contributed by atoms with Gasteiger partial charge in [0.2, 0.25) is 0 Å². The van der Waals surface area contributed by atoms with Crippen LogP contribution in [0.5, 0.6) is 0 Å². The van der Waals surface area contributed by atoms with Gasteiger partial charge in [0.1, 0.15) is 5.82 Å². The molecule has 1 atom stereocenters. The van der Waals surface area contributed by atoms with E-state index in [1.54, 1.807) is 12.1 Å². The van der Waals surface area contributed by atoms with Crippen molar-refractivity contribution >= 4 is 15.9 Å². The fraction of sp³-hybridized carbons (Fsp3) is 0.571. The van der Waals surface area contributed by atoms with Crippen LogP contribution in [-0.2, 0) is 0 Å². The number of hydrazine groups is 1. The van der Waals surface area contributed by atoms with Crippen LogP contribution in [0, 0.1) is 5.82 Å². The minimum Gasteiger partial charge on any atom is -0.296 e. The van der Waals surface area contributed by atoms with Gasteiger partial charge in [-0.2, -0.15) is 0 Å². The summed E-state index contributed by atoms with van der Waals surface area (Å²) in [5, 5.41) is 0. The van der Waals surface area contributed by atoms with Crippen LogP contribution >= 0.6 is 15.9 Å². The van der Waals surface area contributed by atoms with Gasteiger partial charge in [-0.1, -0.05) is 15.9 Å². The molecule has 0 aliphatic carbocycles. The zero-order valence-electron chi connectivity index (χ0n) is 11.4. The van der Waals surface area contributed by atoms with Crippen LogP contribution in [-0.4, -0.2) is 23.5 Å². The molecule has 3 N–H and O–H groups in total. The van der Waals surface area contributed by atoms with E-state index in [1.807, 2.05) is 0 Å². The lowest BCUT2D eigenvalue weighted by Gasteiger charge is -2.42. The van der Waals surface area contributed by atoms with Crippen LogP contribution < -0.4 is 11.3 Å². The van der Waals surface area contributed by atoms with Gasteiger partial charge in [-0.3, -0.25) is 16.2 Å². The summed E-state index contributed by atoms with van der Waals surface area (Å²) in [7, 11) is 0. The van der Waals surface area contributed by atoms with Gasteiger partial charge < -0.3 is 0 Å². The lowest BCUT2D eigenvalue weighted by atomic mass is 9.87. The summed E-state index contributed by atoms with van der Waals surface area (Å²) in [5.74, 6) is 5.50. The Balaban J connectivity index is 2.35. The van der Waals surface area contributed by atoms with E-state index in [2.05, 4.69) is 40.1 Å². The normalized spacial score (nSPS) is 18.8. The molecular weight excluding hydrogens is 309 g/mol. The van der Waals surface area contributed by atoms with Crippen molar-refractivity contribution in [3.05, 3.63) is 34.1 Å². The molecule has 1 heterocycles. The van der Waals surface area contributed by atoms with Crippen LogP contribution in [0.25, 0.3) is 0 Å². The van der Waals surface area contributed by atoms with Gasteiger partial charge in [-0.15, -0.1) is 0 Å². The molecule has 0 radical (unpaired) electrons. The van der Waals surface area contributed by atoms with Crippen molar-refractivity contribution in [1.29, 1.82) is 0 Å². The van der Waals surface area contributed by atoms with Crippen molar-refractivity contribution in [3.63, 3.8) is 0 Å². The monoisotopic (exact) mass is 329 g/mol. The molecule has 0 amide bonds. The van der Waals surface area contributed by atoms with E-state index >= 15 is 0 Å². The second kappa shape index (κ2) is 5.87. The number of hydrogen-bond donors (Lipinski definition) is 2. The molecule has 0 bridgehead atoms. The van der Waals surface area contributed by atoms with E-state index < -0.39 is 0 Å². The predicted octanol–water partition coefficient (Wildman–Crippen LogP) is 2.97. The summed E-state index contributed by atoms with van der Waals surface area (Å²) in [4.78, 5) is 2.37. The van der Waals surface area contributed by atoms with Crippen LogP contribution in [0.3, 0.4) is 0 Å². The average Bonchev–Trinajstić information content (AvgIpc) is 2.88. The number of halogens is 2. The van der Waals surface area contributed by atoms with E-state index in [0.717, 1.165) is 17.6 Å². The summed E-state index contributed by atoms with van der Waals surface area (Å²) in [6.45, 7) is 6.31. The number of nitrogens with zero attached hydrogens (tertiary/aromatic N) is 1. The molecule has 0 spiro atoms. The van der Waals surface area contributed by atoms with Crippen molar-refractivity contribution in [2.45, 2.75) is 38.3 Å². The number of benzene rings is 1. The summed E-state index contributed by atoms with van der Waals surface area (Å²) in [6.07, 6.45) is 2.39. The largest absolute Gasteiger partial charge is 0.296 e. The average molecular weight is 330 g/mol. The third kappa shape index (κ3) is 2.99. The molecule has 3 nitrogen and oxygen atoms in total. The third-order valence-electron chi connectivity index (χ3n) is 4.06. The molecule has 1 aliphatic heterocycles. The van der Waals surface area contributed by atoms with Crippen molar-refractivity contribution in [2.24, 2.45) is 5.84 Å². The first kappa shape index (κ1) is 14.9. The number of hydrogen-bond acceptors (Lipinski definition) is 3. The fourth-order valence-electron chi connectivity index (χ4n) is 2.89. The zero-order chi connectivity index (χ0) is 14.0. The van der Waals surface area contributed by atoms with E-state index in [-0.39, 0.29) is 17.4 Å². The van der Waals surface area contributed by atoms with Crippen LogP contribution in [0.2, 0.25) is 0 Å². The minimum absolute atomic E-state index is 0.224. The lowest BCUT2D eigenvalue weighted by molar-refractivity contribution is 0.105. The maximum atomic E-state index is 14.1. The quantitative estimate of drug-likeness (QED) is 0.659. The molecule has 19 heavy (non-hydrogen) atoms. The molecule has 0 aromatic heterocycles. The van der Waals surface area contributed by atoms with Gasteiger partial charge in [0.15, 0.2) is 0 Å². The molecule has 1 aliphatic rings.